The number of benzene rings is 2. The quantitative estimate of drug-likeness (QED) is 0.109. The third-order valence-electron chi connectivity index (χ3n) is 9.01. The topological polar surface area (TPSA) is 218 Å². The van der Waals surface area contributed by atoms with Crippen molar-refractivity contribution in [2.24, 2.45) is 14.1 Å². The maximum Gasteiger partial charge on any atom is 0.332 e. The second-order valence-corrected chi connectivity index (χ2v) is 16.0. The SMILES string of the molecule is CN(C)c1ccc(C(=C2C=CC(=[N+](C)C)C=C2)c2ccc(N(C)C)cc2)cc1.COC([CH2][Hg])CNC(=O)NC(=O)CCC(=O)O.Cn1c(=O)c2[nH]cnc2n(C)c1=O.O.[Cl-]. The molecule has 60 heavy (non-hydrogen) atoms. The number of hydrogen-bond acceptors (Lipinski definition) is 9. The monoisotopic (exact) mass is 1040 g/mol. The molecule has 0 aliphatic heterocycles. The number of aliphatic carboxylic acids is 1. The van der Waals surface area contributed by atoms with Crippen LogP contribution in [0.2, 0.25) is 3.93 Å². The molecule has 0 radical (unpaired) electrons. The van der Waals surface area contributed by atoms with Gasteiger partial charge < -0.3 is 32.7 Å². The zero-order chi connectivity index (χ0) is 43.1. The number of halogens is 1. The number of aryl methyl sites for hydroxylation is 1. The van der Waals surface area contributed by atoms with Crippen molar-refractivity contribution in [1.82, 2.24) is 29.7 Å². The van der Waals surface area contributed by atoms with Gasteiger partial charge >= 0.3 is 121 Å². The van der Waals surface area contributed by atoms with E-state index in [0.717, 1.165) is 8.50 Å². The number of carbonyl (C=O) groups is 3. The van der Waals surface area contributed by atoms with E-state index in [9.17, 15) is 24.0 Å². The average molecular weight is 1040 g/mol. The summed E-state index contributed by atoms with van der Waals surface area (Å²) in [6.45, 7) is 0.345. The van der Waals surface area contributed by atoms with Crippen molar-refractivity contribution in [3.8, 4) is 0 Å². The maximum atomic E-state index is 11.4. The number of aromatic nitrogens is 4. The Hall–Kier alpha value is -5.36. The number of nitrogens with zero attached hydrogens (tertiary/aromatic N) is 6. The molecule has 1 unspecified atom stereocenters. The predicted octanol–water partition coefficient (Wildman–Crippen LogP) is -0.744. The number of imidazole rings is 1. The van der Waals surface area contributed by atoms with E-state index in [0.29, 0.717) is 43.8 Å². The molecule has 2 aromatic heterocycles. The van der Waals surface area contributed by atoms with E-state index in [4.69, 9.17) is 9.84 Å². The number of carboxylic acids is 1. The number of carboxylic acid groups (broad SMARTS) is 1. The summed E-state index contributed by atoms with van der Waals surface area (Å²) >= 11 is 0.581. The van der Waals surface area contributed by atoms with Crippen molar-refractivity contribution in [1.29, 1.82) is 0 Å². The summed E-state index contributed by atoms with van der Waals surface area (Å²) < 4.78 is 10.5. The first kappa shape index (κ1) is 52.7. The fraction of sp³-hybridized carbons (Fsp3) is 0.341. The van der Waals surface area contributed by atoms with Crippen LogP contribution in [0, 0.1) is 0 Å². The molecule has 19 heteroatoms. The van der Waals surface area contributed by atoms with Crippen molar-refractivity contribution in [3.05, 3.63) is 117 Å². The number of carbonyl (C=O) groups excluding carboxylic acids is 2. The molecule has 0 saturated carbocycles. The van der Waals surface area contributed by atoms with Crippen LogP contribution in [-0.4, -0.2) is 120 Å². The fourth-order valence-electron chi connectivity index (χ4n) is 5.51. The Morgan fingerprint density at radius 3 is 1.83 bits per heavy atom. The fourth-order valence-corrected chi connectivity index (χ4v) is 7.22. The van der Waals surface area contributed by atoms with Crippen LogP contribution in [0.15, 0.2) is 94.3 Å². The van der Waals surface area contributed by atoms with E-state index in [1.54, 1.807) is 14.2 Å². The number of urea groups is 1. The van der Waals surface area contributed by atoms with E-state index in [1.807, 2.05) is 5.32 Å². The number of imide groups is 1. The summed E-state index contributed by atoms with van der Waals surface area (Å²) in [6, 6.07) is 16.9. The van der Waals surface area contributed by atoms with Gasteiger partial charge in [0.05, 0.1) is 6.33 Å². The molecule has 321 valence electrons. The summed E-state index contributed by atoms with van der Waals surface area (Å²) in [6.07, 6.45) is 9.66. The molecule has 5 rings (SSSR count). The molecule has 4 aromatic rings. The van der Waals surface area contributed by atoms with Crippen molar-refractivity contribution >= 4 is 51.7 Å². The van der Waals surface area contributed by atoms with Gasteiger partial charge in [-0.3, -0.25) is 13.9 Å². The number of ether oxygens (including phenoxy) is 1. The first-order valence-electron chi connectivity index (χ1n) is 18.4. The van der Waals surface area contributed by atoms with Gasteiger partial charge in [0, 0.05) is 65.8 Å². The number of allylic oxidation sites excluding steroid dienone is 5. The number of anilines is 2. The molecule has 0 bridgehead atoms. The minimum absolute atomic E-state index is 0. The summed E-state index contributed by atoms with van der Waals surface area (Å²) in [4.78, 5) is 66.1. The average Bonchev–Trinajstić information content (AvgIpc) is 3.71. The Kier molecular flexibility index (Phi) is 22.2. The predicted molar refractivity (Wildman–Crippen MR) is 227 cm³/mol. The Balaban J connectivity index is 0.000000482. The molecule has 3 amide bonds. The second-order valence-electron chi connectivity index (χ2n) is 13.8. The minimum atomic E-state index is -1.07. The Labute approximate surface area is 371 Å². The Bertz CT molecular complexity index is 2230. The largest absolute Gasteiger partial charge is 1.00 e. The number of hydrogen-bond donors (Lipinski definition) is 4. The van der Waals surface area contributed by atoms with E-state index in [2.05, 4.69) is 145 Å². The Morgan fingerprint density at radius 1 is 0.883 bits per heavy atom. The molecule has 1 atom stereocenters. The smallest absolute Gasteiger partial charge is 0.332 e. The third-order valence-corrected chi connectivity index (χ3v) is 11.5. The maximum absolute atomic E-state index is 11.4. The molecular weight excluding hydrogens is 983 g/mol. The molecule has 0 spiro atoms. The molecule has 0 saturated heterocycles. The normalized spacial score (nSPS) is 11.7. The number of fused-ring (bicyclic) bond motifs is 1. The van der Waals surface area contributed by atoms with Crippen LogP contribution in [0.3, 0.4) is 0 Å². The van der Waals surface area contributed by atoms with E-state index in [-0.39, 0.29) is 48.1 Å². The van der Waals surface area contributed by atoms with Crippen LogP contribution in [0.1, 0.15) is 24.0 Å². The summed E-state index contributed by atoms with van der Waals surface area (Å²) in [5.74, 6) is -1.67. The zero-order valence-electron chi connectivity index (χ0n) is 35.6. The van der Waals surface area contributed by atoms with Crippen molar-refractivity contribution in [2.75, 3.05) is 65.7 Å². The van der Waals surface area contributed by atoms with E-state index >= 15 is 0 Å². The third kappa shape index (κ3) is 15.0. The van der Waals surface area contributed by atoms with Gasteiger partial charge in [-0.15, -0.1) is 0 Å². The number of amides is 3. The van der Waals surface area contributed by atoms with Crippen LogP contribution in [0.25, 0.3) is 16.7 Å². The van der Waals surface area contributed by atoms with Crippen LogP contribution >= 0.6 is 0 Å². The van der Waals surface area contributed by atoms with Gasteiger partial charge in [0.2, 0.25) is 0 Å². The molecule has 1 aliphatic carbocycles. The van der Waals surface area contributed by atoms with Crippen molar-refractivity contribution < 1.29 is 72.8 Å². The van der Waals surface area contributed by atoms with Gasteiger partial charge in [-0.25, -0.2) is 14.4 Å². The van der Waals surface area contributed by atoms with E-state index < -0.39 is 17.9 Å². The number of H-pyrrole nitrogens is 1. The van der Waals surface area contributed by atoms with Crippen LogP contribution in [0.4, 0.5) is 16.2 Å². The number of rotatable bonds is 11. The van der Waals surface area contributed by atoms with Gasteiger partial charge in [-0.2, -0.15) is 0 Å². The van der Waals surface area contributed by atoms with Gasteiger partial charge in [-0.1, -0.05) is 24.3 Å². The molecular formula is C41H55ClHgN9O8. The van der Waals surface area contributed by atoms with E-state index in [1.165, 1.54) is 57.3 Å². The summed E-state index contributed by atoms with van der Waals surface area (Å²) in [5, 5.41) is 12.9. The molecule has 17 nitrogen and oxygen atoms in total. The van der Waals surface area contributed by atoms with Crippen LogP contribution < -0.4 is 44.1 Å². The van der Waals surface area contributed by atoms with Gasteiger partial charge in [-0.05, 0) is 58.7 Å². The first-order chi connectivity index (χ1) is 27.5. The minimum Gasteiger partial charge on any atom is -1.00 e. The van der Waals surface area contributed by atoms with Gasteiger partial charge in [0.1, 0.15) is 19.6 Å². The molecule has 0 fully saturated rings. The standard InChI is InChI=1S/C25H30N3.C9H15N2O5.C7H8N4O2.ClH.Hg.H2O/c1-26(2)22-13-7-19(8-14-22)25(20-9-15-23(16-10-20)27(3)4)21-11-17-24(18-12-21)28(5)6;1-6(16-2)5-10-9(15)11-7(12)3-4-8(13)14;1-10-5-4(8-3-9-5)6(12)11(2)7(10)13;;;/h7-18H,1-6H3;6H,1,3-5H2,2H3,(H,13,14)(H2,10,11,12,15);3H,1-2H3,(H,8,9);1H;;1H2/q+1;;;;;/p-1. The molecule has 6 N–H and O–H groups in total. The van der Waals surface area contributed by atoms with Crippen LogP contribution in [-0.2, 0) is 54.5 Å². The number of nitrogens with one attached hydrogen (secondary N) is 3. The van der Waals surface area contributed by atoms with Gasteiger partial charge in [0.25, 0.3) is 5.56 Å². The van der Waals surface area contributed by atoms with Crippen molar-refractivity contribution in [3.63, 3.8) is 0 Å². The summed E-state index contributed by atoms with van der Waals surface area (Å²) in [5.41, 5.74) is 8.54. The van der Waals surface area contributed by atoms with Crippen molar-refractivity contribution in [2.45, 2.75) is 22.9 Å². The van der Waals surface area contributed by atoms with Gasteiger partial charge in [0.15, 0.2) is 11.4 Å². The summed E-state index contributed by atoms with van der Waals surface area (Å²) in [7, 11) is 17.0. The van der Waals surface area contributed by atoms with Crippen LogP contribution in [0.5, 0.6) is 0 Å². The molecule has 2 heterocycles. The first-order valence-corrected chi connectivity index (χ1v) is 22.3. The molecule has 1 aliphatic rings. The zero-order valence-corrected chi connectivity index (χ0v) is 41.8. The molecule has 2 aromatic carbocycles. The Morgan fingerprint density at radius 2 is 1.40 bits per heavy atom. The number of aromatic amines is 1. The second kappa shape index (κ2) is 25.3. The number of methoxy groups -OCH3 is 1.